The third-order valence-electron chi connectivity index (χ3n) is 3.21. The van der Waals surface area contributed by atoms with Crippen molar-refractivity contribution in [3.63, 3.8) is 0 Å². The number of rotatable bonds is 4. The molecular formula is C13H23N. The van der Waals surface area contributed by atoms with Gasteiger partial charge in [-0.25, -0.2) is 0 Å². The summed E-state index contributed by atoms with van der Waals surface area (Å²) in [4.78, 5) is 0. The van der Waals surface area contributed by atoms with Gasteiger partial charge in [-0.1, -0.05) is 38.0 Å². The molecule has 1 saturated carbocycles. The smallest absolute Gasteiger partial charge is 0.0741 e. The maximum Gasteiger partial charge on any atom is 0.0741 e. The quantitative estimate of drug-likeness (QED) is 0.677. The predicted octanol–water partition coefficient (Wildman–Crippen LogP) is 2.96. The Morgan fingerprint density at radius 1 is 1.29 bits per heavy atom. The fourth-order valence-electron chi connectivity index (χ4n) is 2.12. The van der Waals surface area contributed by atoms with Crippen LogP contribution in [0, 0.1) is 18.3 Å². The largest absolute Gasteiger partial charge is 0.302 e. The second-order valence-electron chi connectivity index (χ2n) is 4.99. The molecule has 0 unspecified atom stereocenters. The zero-order valence-electron chi connectivity index (χ0n) is 9.60. The van der Waals surface area contributed by atoms with Crippen LogP contribution in [0.3, 0.4) is 0 Å². The summed E-state index contributed by atoms with van der Waals surface area (Å²) < 4.78 is 0. The maximum atomic E-state index is 5.41. The molecule has 80 valence electrons. The first kappa shape index (κ1) is 11.6. The highest BCUT2D eigenvalue weighted by Crippen LogP contribution is 2.25. The normalized spacial score (nSPS) is 19.2. The highest BCUT2D eigenvalue weighted by Gasteiger charge is 2.15. The van der Waals surface area contributed by atoms with Crippen molar-refractivity contribution >= 4 is 0 Å². The Kier molecular flexibility index (Phi) is 4.48. The van der Waals surface area contributed by atoms with Crippen LogP contribution in [0.2, 0.25) is 0 Å². The van der Waals surface area contributed by atoms with Gasteiger partial charge in [-0.3, -0.25) is 0 Å². The van der Waals surface area contributed by atoms with Gasteiger partial charge in [0.05, 0.1) is 5.54 Å². The van der Waals surface area contributed by atoms with E-state index in [1.807, 2.05) is 0 Å². The average molecular weight is 193 g/mol. The van der Waals surface area contributed by atoms with Gasteiger partial charge in [0.15, 0.2) is 0 Å². The summed E-state index contributed by atoms with van der Waals surface area (Å²) in [5, 5.41) is 3.42. The molecule has 0 aromatic rings. The molecule has 0 heterocycles. The summed E-state index contributed by atoms with van der Waals surface area (Å²) in [6.45, 7) is 5.20. The van der Waals surface area contributed by atoms with Crippen LogP contribution in [0.4, 0.5) is 0 Å². The van der Waals surface area contributed by atoms with Crippen molar-refractivity contribution < 1.29 is 0 Å². The van der Waals surface area contributed by atoms with Crippen molar-refractivity contribution in [2.75, 3.05) is 6.54 Å². The first-order valence-corrected chi connectivity index (χ1v) is 5.87. The van der Waals surface area contributed by atoms with E-state index >= 15 is 0 Å². The minimum atomic E-state index is -0.130. The first-order valence-electron chi connectivity index (χ1n) is 5.87. The van der Waals surface area contributed by atoms with Crippen LogP contribution in [0.5, 0.6) is 0 Å². The molecule has 1 aliphatic carbocycles. The SMILES string of the molecule is C#CC(C)(C)NCCC1CCCCC1. The minimum Gasteiger partial charge on any atom is -0.302 e. The van der Waals surface area contributed by atoms with Gasteiger partial charge >= 0.3 is 0 Å². The molecule has 14 heavy (non-hydrogen) atoms. The van der Waals surface area contributed by atoms with E-state index in [-0.39, 0.29) is 5.54 Å². The van der Waals surface area contributed by atoms with E-state index in [1.165, 1.54) is 38.5 Å². The van der Waals surface area contributed by atoms with E-state index in [9.17, 15) is 0 Å². The van der Waals surface area contributed by atoms with Gasteiger partial charge in [-0.2, -0.15) is 0 Å². The molecule has 0 radical (unpaired) electrons. The van der Waals surface area contributed by atoms with E-state index in [4.69, 9.17) is 6.42 Å². The highest BCUT2D eigenvalue weighted by molar-refractivity contribution is 5.07. The number of nitrogens with one attached hydrogen (secondary N) is 1. The molecular weight excluding hydrogens is 170 g/mol. The van der Waals surface area contributed by atoms with Crippen molar-refractivity contribution in [1.82, 2.24) is 5.32 Å². The molecule has 1 N–H and O–H groups in total. The van der Waals surface area contributed by atoms with Crippen LogP contribution < -0.4 is 5.32 Å². The van der Waals surface area contributed by atoms with E-state index in [2.05, 4.69) is 25.1 Å². The molecule has 0 amide bonds. The number of terminal acetylenes is 1. The molecule has 0 atom stereocenters. The van der Waals surface area contributed by atoms with Gasteiger partial charge in [0.25, 0.3) is 0 Å². The average Bonchev–Trinajstić information content (AvgIpc) is 2.19. The zero-order chi connectivity index (χ0) is 10.4. The summed E-state index contributed by atoms with van der Waals surface area (Å²) in [6.07, 6.45) is 13.9. The minimum absolute atomic E-state index is 0.130. The Morgan fingerprint density at radius 3 is 2.50 bits per heavy atom. The molecule has 1 aliphatic rings. The predicted molar refractivity (Wildman–Crippen MR) is 62.1 cm³/mol. The first-order chi connectivity index (χ1) is 6.64. The lowest BCUT2D eigenvalue weighted by molar-refractivity contribution is 0.324. The Balaban J connectivity index is 2.12. The molecule has 1 heteroatoms. The lowest BCUT2D eigenvalue weighted by Gasteiger charge is -2.24. The van der Waals surface area contributed by atoms with E-state index < -0.39 is 0 Å². The third-order valence-corrected chi connectivity index (χ3v) is 3.21. The standard InChI is InChI=1S/C13H23N/c1-4-13(2,3)14-11-10-12-8-6-5-7-9-12/h1,12,14H,5-11H2,2-3H3. The molecule has 0 bridgehead atoms. The summed E-state index contributed by atoms with van der Waals surface area (Å²) in [7, 11) is 0. The van der Waals surface area contributed by atoms with Gasteiger partial charge in [0.2, 0.25) is 0 Å². The fourth-order valence-corrected chi connectivity index (χ4v) is 2.12. The summed E-state index contributed by atoms with van der Waals surface area (Å²) in [6, 6.07) is 0. The van der Waals surface area contributed by atoms with Crippen LogP contribution in [0.1, 0.15) is 52.4 Å². The molecule has 0 aromatic carbocycles. The molecule has 0 saturated heterocycles. The summed E-state index contributed by atoms with van der Waals surface area (Å²) in [5.74, 6) is 3.72. The van der Waals surface area contributed by atoms with Crippen LogP contribution in [0.25, 0.3) is 0 Å². The van der Waals surface area contributed by atoms with Crippen LogP contribution in [-0.2, 0) is 0 Å². The van der Waals surface area contributed by atoms with Crippen molar-refractivity contribution in [2.24, 2.45) is 5.92 Å². The van der Waals surface area contributed by atoms with Crippen molar-refractivity contribution in [1.29, 1.82) is 0 Å². The van der Waals surface area contributed by atoms with Gasteiger partial charge in [-0.05, 0) is 32.7 Å². The Morgan fingerprint density at radius 2 is 1.93 bits per heavy atom. The van der Waals surface area contributed by atoms with E-state index in [0.29, 0.717) is 0 Å². The van der Waals surface area contributed by atoms with E-state index in [1.54, 1.807) is 0 Å². The number of hydrogen-bond donors (Lipinski definition) is 1. The van der Waals surface area contributed by atoms with Crippen LogP contribution >= 0.6 is 0 Å². The topological polar surface area (TPSA) is 12.0 Å². The fraction of sp³-hybridized carbons (Fsp3) is 0.846. The summed E-state index contributed by atoms with van der Waals surface area (Å²) >= 11 is 0. The highest BCUT2D eigenvalue weighted by atomic mass is 14.9. The Labute approximate surface area is 88.7 Å². The van der Waals surface area contributed by atoms with E-state index in [0.717, 1.165) is 12.5 Å². The third kappa shape index (κ3) is 4.15. The second-order valence-corrected chi connectivity index (χ2v) is 4.99. The van der Waals surface area contributed by atoms with Crippen molar-refractivity contribution in [3.05, 3.63) is 0 Å². The second kappa shape index (κ2) is 5.41. The Bertz CT molecular complexity index is 194. The molecule has 0 aliphatic heterocycles. The molecule has 0 aromatic heterocycles. The number of hydrogen-bond acceptors (Lipinski definition) is 1. The van der Waals surface area contributed by atoms with Crippen LogP contribution in [-0.4, -0.2) is 12.1 Å². The van der Waals surface area contributed by atoms with Gasteiger partial charge in [0, 0.05) is 0 Å². The monoisotopic (exact) mass is 193 g/mol. The Hall–Kier alpha value is -0.480. The lowest BCUT2D eigenvalue weighted by atomic mass is 9.87. The van der Waals surface area contributed by atoms with Crippen molar-refractivity contribution in [2.45, 2.75) is 57.9 Å². The van der Waals surface area contributed by atoms with Gasteiger partial charge < -0.3 is 5.32 Å². The molecule has 1 fully saturated rings. The molecule has 1 rings (SSSR count). The molecule has 1 nitrogen and oxygen atoms in total. The van der Waals surface area contributed by atoms with Crippen LogP contribution in [0.15, 0.2) is 0 Å². The van der Waals surface area contributed by atoms with Crippen molar-refractivity contribution in [3.8, 4) is 12.3 Å². The lowest BCUT2D eigenvalue weighted by Crippen LogP contribution is -2.38. The van der Waals surface area contributed by atoms with Gasteiger partial charge in [0.1, 0.15) is 0 Å². The summed E-state index contributed by atoms with van der Waals surface area (Å²) in [5.41, 5.74) is -0.130. The van der Waals surface area contributed by atoms with Gasteiger partial charge in [-0.15, -0.1) is 6.42 Å². The maximum absolute atomic E-state index is 5.41. The molecule has 0 spiro atoms. The zero-order valence-corrected chi connectivity index (χ0v) is 9.60.